The molecule has 4 amide bonds. The Morgan fingerprint density at radius 1 is 0.750 bits per heavy atom. The Balaban J connectivity index is 1.38. The van der Waals surface area contributed by atoms with Gasteiger partial charge in [0.05, 0.1) is 22.4 Å². The molecule has 10 heteroatoms. The topological polar surface area (TPSA) is 95.6 Å². The second-order valence-corrected chi connectivity index (χ2v) is 12.2. The lowest BCUT2D eigenvalue weighted by atomic mass is 9.54. The number of rotatable bonds is 4. The molecular formula is C30H24Cl3N3O4. The number of likely N-dealkylation sites (tertiary alicyclic amines) is 1. The monoisotopic (exact) mass is 595 g/mol. The van der Waals surface area contributed by atoms with Crippen LogP contribution in [0.4, 0.5) is 0 Å². The minimum Gasteiger partial charge on any atom is -0.274 e. The molecule has 2 bridgehead atoms. The van der Waals surface area contributed by atoms with Gasteiger partial charge >= 0.3 is 0 Å². The van der Waals surface area contributed by atoms with Gasteiger partial charge in [-0.05, 0) is 40.3 Å². The van der Waals surface area contributed by atoms with Gasteiger partial charge in [-0.25, -0.2) is 0 Å². The van der Waals surface area contributed by atoms with Crippen molar-refractivity contribution in [1.29, 1.82) is 0 Å². The van der Waals surface area contributed by atoms with E-state index in [1.165, 1.54) is 6.07 Å². The van der Waals surface area contributed by atoms with E-state index in [9.17, 15) is 19.2 Å². The Bertz CT molecular complexity index is 1480. The molecule has 3 aromatic rings. The maximum atomic E-state index is 14.2. The fourth-order valence-electron chi connectivity index (χ4n) is 6.59. The summed E-state index contributed by atoms with van der Waals surface area (Å²) in [5.74, 6) is -5.09. The third-order valence-electron chi connectivity index (χ3n) is 8.22. The van der Waals surface area contributed by atoms with Crippen molar-refractivity contribution in [3.8, 4) is 0 Å². The lowest BCUT2D eigenvalue weighted by molar-refractivity contribution is -0.150. The van der Waals surface area contributed by atoms with Crippen LogP contribution in [0.3, 0.4) is 0 Å². The van der Waals surface area contributed by atoms with E-state index >= 15 is 0 Å². The van der Waals surface area contributed by atoms with Crippen LogP contribution in [-0.4, -0.2) is 34.6 Å². The number of alkyl halides is 2. The number of carbonyl (C=O) groups is 4. The predicted molar refractivity (Wildman–Crippen MR) is 151 cm³/mol. The maximum absolute atomic E-state index is 14.2. The van der Waals surface area contributed by atoms with Gasteiger partial charge in [-0.1, -0.05) is 86.1 Å². The van der Waals surface area contributed by atoms with E-state index in [4.69, 9.17) is 34.8 Å². The number of hydrogen-bond acceptors (Lipinski definition) is 4. The van der Waals surface area contributed by atoms with Crippen molar-refractivity contribution < 1.29 is 19.2 Å². The lowest BCUT2D eigenvalue weighted by Gasteiger charge is -2.54. The van der Waals surface area contributed by atoms with Crippen LogP contribution in [0.2, 0.25) is 5.02 Å². The van der Waals surface area contributed by atoms with Crippen LogP contribution >= 0.6 is 34.8 Å². The second-order valence-electron chi connectivity index (χ2n) is 10.6. The first kappa shape index (κ1) is 26.8. The van der Waals surface area contributed by atoms with Crippen molar-refractivity contribution in [2.45, 2.75) is 29.6 Å². The van der Waals surface area contributed by atoms with Gasteiger partial charge in [0.2, 0.25) is 11.8 Å². The van der Waals surface area contributed by atoms with Gasteiger partial charge in [0, 0.05) is 0 Å². The van der Waals surface area contributed by atoms with Gasteiger partial charge in [-0.15, -0.1) is 23.2 Å². The molecule has 3 aliphatic carbocycles. The molecule has 1 aliphatic heterocycles. The van der Waals surface area contributed by atoms with Gasteiger partial charge in [0.1, 0.15) is 15.8 Å². The number of nitrogens with one attached hydrogen (secondary N) is 2. The molecule has 40 heavy (non-hydrogen) atoms. The number of hydrazine groups is 1. The van der Waals surface area contributed by atoms with Gasteiger partial charge in [-0.2, -0.15) is 0 Å². The zero-order valence-electron chi connectivity index (χ0n) is 21.5. The summed E-state index contributed by atoms with van der Waals surface area (Å²) in [6.07, 6.45) is 0. The van der Waals surface area contributed by atoms with E-state index < -0.39 is 57.2 Å². The largest absolute Gasteiger partial charge is 0.274 e. The number of carbonyl (C=O) groups excluding carboxylic acids is 4. The zero-order valence-corrected chi connectivity index (χ0v) is 23.7. The maximum Gasteiger partial charge on any atom is 0.271 e. The number of hydrogen-bond donors (Lipinski definition) is 2. The molecule has 0 saturated carbocycles. The molecule has 0 aromatic heterocycles. The van der Waals surface area contributed by atoms with Gasteiger partial charge in [0.15, 0.2) is 0 Å². The van der Waals surface area contributed by atoms with Crippen molar-refractivity contribution in [3.63, 3.8) is 0 Å². The van der Waals surface area contributed by atoms with Crippen LogP contribution in [0.15, 0.2) is 72.8 Å². The first-order valence-corrected chi connectivity index (χ1v) is 14.0. The van der Waals surface area contributed by atoms with Crippen molar-refractivity contribution in [1.82, 2.24) is 15.8 Å². The average molecular weight is 597 g/mol. The van der Waals surface area contributed by atoms with Gasteiger partial charge in [-0.3, -0.25) is 34.9 Å². The van der Waals surface area contributed by atoms with E-state index in [1.807, 2.05) is 48.5 Å². The molecule has 1 heterocycles. The SMILES string of the molecule is CC(C)[C@@H](C(=O)NNC(=O)c1ccccc1Cl)N1C(=O)[C@H]2[C@H](C1=O)C1(Cl)c3ccccc3C2(Cl)c2ccccc21. The van der Waals surface area contributed by atoms with Crippen LogP contribution < -0.4 is 10.9 Å². The van der Waals surface area contributed by atoms with Crippen molar-refractivity contribution >= 4 is 58.4 Å². The Labute approximate surface area is 245 Å². The summed E-state index contributed by atoms with van der Waals surface area (Å²) in [6.45, 7) is 3.43. The third kappa shape index (κ3) is 3.44. The van der Waals surface area contributed by atoms with Gasteiger partial charge in [0.25, 0.3) is 11.8 Å². The van der Waals surface area contributed by atoms with Crippen LogP contribution in [0.1, 0.15) is 46.5 Å². The van der Waals surface area contributed by atoms with E-state index in [0.717, 1.165) is 4.90 Å². The number of amides is 4. The Morgan fingerprint density at radius 3 is 1.60 bits per heavy atom. The first-order chi connectivity index (χ1) is 19.0. The molecule has 7 nitrogen and oxygen atoms in total. The molecule has 4 aliphatic rings. The van der Waals surface area contributed by atoms with Crippen molar-refractivity contribution in [3.05, 3.63) is 106 Å². The molecule has 204 valence electrons. The van der Waals surface area contributed by atoms with Crippen LogP contribution in [0, 0.1) is 17.8 Å². The highest BCUT2D eigenvalue weighted by atomic mass is 35.5. The first-order valence-electron chi connectivity index (χ1n) is 12.8. The summed E-state index contributed by atoms with van der Waals surface area (Å²) >= 11 is 21.0. The zero-order chi connectivity index (χ0) is 28.6. The highest BCUT2D eigenvalue weighted by Crippen LogP contribution is 2.69. The summed E-state index contributed by atoms with van der Waals surface area (Å²) in [7, 11) is 0. The average Bonchev–Trinajstić information content (AvgIpc) is 3.21. The molecule has 3 aromatic carbocycles. The van der Waals surface area contributed by atoms with E-state index in [-0.39, 0.29) is 10.6 Å². The van der Waals surface area contributed by atoms with E-state index in [0.29, 0.717) is 22.3 Å². The van der Waals surface area contributed by atoms with E-state index in [2.05, 4.69) is 10.9 Å². The molecule has 7 rings (SSSR count). The Kier molecular flexibility index (Phi) is 6.26. The third-order valence-corrected chi connectivity index (χ3v) is 9.83. The van der Waals surface area contributed by atoms with Crippen molar-refractivity contribution in [2.75, 3.05) is 0 Å². The normalized spacial score (nSPS) is 26.7. The van der Waals surface area contributed by atoms with Gasteiger partial charge < -0.3 is 0 Å². The molecule has 3 atom stereocenters. The number of imide groups is 1. The van der Waals surface area contributed by atoms with Crippen molar-refractivity contribution in [2.24, 2.45) is 17.8 Å². The highest BCUT2D eigenvalue weighted by molar-refractivity contribution is 6.36. The Morgan fingerprint density at radius 2 is 1.18 bits per heavy atom. The number of nitrogens with zero attached hydrogens (tertiary/aromatic N) is 1. The highest BCUT2D eigenvalue weighted by Gasteiger charge is 2.73. The molecule has 1 fully saturated rings. The minimum absolute atomic E-state index is 0.158. The molecule has 0 spiro atoms. The predicted octanol–water partition coefficient (Wildman–Crippen LogP) is 4.72. The molecule has 0 unspecified atom stereocenters. The quantitative estimate of drug-likeness (QED) is 0.259. The standard InChI is InChI=1S/C30H24Cl3N3O4/c1-15(2)24(26(38)35-34-25(37)16-9-3-8-14-21(16)31)36-27(39)22-23(28(36)40)30(33)18-11-5-4-10-17(18)29(22,32)19-12-6-7-13-20(19)30/h3-15,22-24H,1-2H3,(H,34,37)(H,35,38)/t22-,23-,24+,29?,30?/m1/s1. The number of benzene rings is 3. The molecule has 0 radical (unpaired) electrons. The summed E-state index contributed by atoms with van der Waals surface area (Å²) in [5, 5.41) is 0.207. The fraction of sp³-hybridized carbons (Fsp3) is 0.267. The number of halogens is 3. The Hall–Kier alpha value is -3.39. The van der Waals surface area contributed by atoms with Crippen LogP contribution in [0.25, 0.3) is 0 Å². The smallest absolute Gasteiger partial charge is 0.271 e. The second kappa shape index (κ2) is 9.33. The fourth-order valence-corrected chi connectivity index (χ4v) is 7.91. The molecule has 1 saturated heterocycles. The van der Waals surface area contributed by atoms with E-state index in [1.54, 1.807) is 32.0 Å². The van der Waals surface area contributed by atoms with Crippen LogP contribution in [-0.2, 0) is 24.1 Å². The summed E-state index contributed by atoms with van der Waals surface area (Å²) in [6, 6.07) is 19.8. The summed E-state index contributed by atoms with van der Waals surface area (Å²) in [4.78, 5) is 52.9. The lowest BCUT2D eigenvalue weighted by Crippen LogP contribution is -2.57. The molecule has 2 N–H and O–H groups in total. The summed E-state index contributed by atoms with van der Waals surface area (Å²) in [5.41, 5.74) is 7.56. The minimum atomic E-state index is -1.35. The summed E-state index contributed by atoms with van der Waals surface area (Å²) < 4.78 is 0. The molecular weight excluding hydrogens is 573 g/mol. The van der Waals surface area contributed by atoms with Crippen LogP contribution in [0.5, 0.6) is 0 Å².